The van der Waals surface area contributed by atoms with E-state index in [1.54, 1.807) is 20.8 Å². The zero-order chi connectivity index (χ0) is 16.9. The van der Waals surface area contributed by atoms with Crippen molar-refractivity contribution < 1.29 is 19.4 Å². The van der Waals surface area contributed by atoms with Gasteiger partial charge in [-0.05, 0) is 39.7 Å². The van der Waals surface area contributed by atoms with Gasteiger partial charge in [0.15, 0.2) is 6.61 Å². The van der Waals surface area contributed by atoms with Gasteiger partial charge in [0.05, 0.1) is 6.10 Å². The molecule has 0 aliphatic rings. The van der Waals surface area contributed by atoms with Crippen molar-refractivity contribution >= 4 is 11.9 Å². The molecule has 0 saturated carbocycles. The third kappa shape index (κ3) is 4.59. The van der Waals surface area contributed by atoms with Gasteiger partial charge in [0.1, 0.15) is 5.69 Å². The minimum atomic E-state index is -0.670. The highest BCUT2D eigenvalue weighted by Crippen LogP contribution is 2.24. The average molecular weight is 310 g/mol. The number of nitrogens with one attached hydrogen (secondary N) is 2. The van der Waals surface area contributed by atoms with E-state index < -0.39 is 12.1 Å². The Labute approximate surface area is 131 Å². The van der Waals surface area contributed by atoms with Gasteiger partial charge in [-0.25, -0.2) is 4.79 Å². The molecule has 1 aromatic rings. The Morgan fingerprint density at radius 1 is 1.32 bits per heavy atom. The van der Waals surface area contributed by atoms with Crippen LogP contribution >= 0.6 is 0 Å². The summed E-state index contributed by atoms with van der Waals surface area (Å²) in [4.78, 5) is 26.7. The fourth-order valence-electron chi connectivity index (χ4n) is 2.62. The zero-order valence-electron chi connectivity index (χ0n) is 13.9. The number of ether oxygens (including phenoxy) is 1. The van der Waals surface area contributed by atoms with Gasteiger partial charge in [-0.2, -0.15) is 0 Å². The van der Waals surface area contributed by atoms with Gasteiger partial charge in [-0.1, -0.05) is 13.3 Å². The molecule has 6 nitrogen and oxygen atoms in total. The molecule has 22 heavy (non-hydrogen) atoms. The first-order valence-electron chi connectivity index (χ1n) is 7.61. The average Bonchev–Trinajstić information content (AvgIpc) is 2.71. The van der Waals surface area contributed by atoms with Crippen LogP contribution in [0.25, 0.3) is 0 Å². The molecule has 1 aromatic heterocycles. The first-order valence-corrected chi connectivity index (χ1v) is 7.61. The molecule has 124 valence electrons. The maximum absolute atomic E-state index is 12.1. The van der Waals surface area contributed by atoms with Crippen molar-refractivity contribution in [2.45, 2.75) is 59.6 Å². The van der Waals surface area contributed by atoms with Crippen LogP contribution in [-0.2, 0) is 9.53 Å². The van der Waals surface area contributed by atoms with Crippen LogP contribution in [0.4, 0.5) is 0 Å². The lowest BCUT2D eigenvalue weighted by molar-refractivity contribution is -0.124. The second kappa shape index (κ2) is 7.98. The van der Waals surface area contributed by atoms with Crippen molar-refractivity contribution in [1.29, 1.82) is 0 Å². The lowest BCUT2D eigenvalue weighted by atomic mass is 10.1. The van der Waals surface area contributed by atoms with E-state index in [9.17, 15) is 14.7 Å². The number of amides is 1. The summed E-state index contributed by atoms with van der Waals surface area (Å²) < 4.78 is 5.03. The first kappa shape index (κ1) is 18.2. The van der Waals surface area contributed by atoms with Crippen LogP contribution < -0.4 is 5.32 Å². The van der Waals surface area contributed by atoms with Crippen molar-refractivity contribution in [3.63, 3.8) is 0 Å². The number of aromatic amines is 1. The fourth-order valence-corrected chi connectivity index (χ4v) is 2.62. The van der Waals surface area contributed by atoms with Crippen LogP contribution in [0, 0.1) is 13.8 Å². The number of aliphatic hydroxyl groups is 1. The highest BCUT2D eigenvalue weighted by Gasteiger charge is 2.21. The van der Waals surface area contributed by atoms with Gasteiger partial charge in [0.2, 0.25) is 0 Å². The molecule has 0 aliphatic heterocycles. The molecule has 6 heteroatoms. The van der Waals surface area contributed by atoms with Crippen molar-refractivity contribution in [3.8, 4) is 0 Å². The van der Waals surface area contributed by atoms with Crippen molar-refractivity contribution in [1.82, 2.24) is 10.3 Å². The van der Waals surface area contributed by atoms with Gasteiger partial charge in [0.25, 0.3) is 5.91 Å². The maximum Gasteiger partial charge on any atom is 0.355 e. The summed E-state index contributed by atoms with van der Waals surface area (Å²) in [7, 11) is 0. The number of aliphatic hydroxyl groups excluding tert-OH is 1. The number of carbonyl (C=O) groups is 2. The van der Waals surface area contributed by atoms with Crippen LogP contribution in [-0.4, -0.2) is 34.6 Å². The van der Waals surface area contributed by atoms with Crippen molar-refractivity contribution in [3.05, 3.63) is 22.5 Å². The van der Waals surface area contributed by atoms with E-state index in [0.29, 0.717) is 11.1 Å². The predicted molar refractivity (Wildman–Crippen MR) is 83.7 cm³/mol. The summed E-state index contributed by atoms with van der Waals surface area (Å²) in [5.74, 6) is -0.906. The summed E-state index contributed by atoms with van der Waals surface area (Å²) in [5, 5.41) is 12.5. The molecule has 1 rings (SSSR count). The van der Waals surface area contributed by atoms with E-state index in [-0.39, 0.29) is 24.2 Å². The number of hydrogen-bond acceptors (Lipinski definition) is 4. The van der Waals surface area contributed by atoms with E-state index in [1.165, 1.54) is 0 Å². The number of aromatic nitrogens is 1. The molecular formula is C16H26N2O4. The summed E-state index contributed by atoms with van der Waals surface area (Å²) in [6.07, 6.45) is 1.19. The Hall–Kier alpha value is -1.82. The molecule has 3 N–H and O–H groups in total. The molecular weight excluding hydrogens is 284 g/mol. The summed E-state index contributed by atoms with van der Waals surface area (Å²) in [6, 6.07) is 0.0625. The molecule has 1 heterocycles. The second-order valence-corrected chi connectivity index (χ2v) is 5.67. The highest BCUT2D eigenvalue weighted by atomic mass is 16.5. The lowest BCUT2D eigenvalue weighted by Gasteiger charge is -2.12. The molecule has 0 aliphatic carbocycles. The normalized spacial score (nSPS) is 13.5. The molecule has 0 aromatic carbocycles. The number of rotatable bonds is 7. The number of H-pyrrole nitrogens is 1. The van der Waals surface area contributed by atoms with Gasteiger partial charge in [0, 0.05) is 17.3 Å². The fraction of sp³-hybridized carbons (Fsp3) is 0.625. The van der Waals surface area contributed by atoms with Gasteiger partial charge >= 0.3 is 5.97 Å². The van der Waals surface area contributed by atoms with E-state index in [4.69, 9.17) is 4.74 Å². The van der Waals surface area contributed by atoms with Crippen LogP contribution in [0.1, 0.15) is 67.0 Å². The molecule has 0 unspecified atom stereocenters. The summed E-state index contributed by atoms with van der Waals surface area (Å²) in [5.41, 5.74) is 2.34. The van der Waals surface area contributed by atoms with E-state index >= 15 is 0 Å². The zero-order valence-corrected chi connectivity index (χ0v) is 13.9. The summed E-state index contributed by atoms with van der Waals surface area (Å²) >= 11 is 0. The minimum Gasteiger partial charge on any atom is -0.451 e. The predicted octanol–water partition coefficient (Wildman–Crippen LogP) is 2.15. The standard InChI is InChI=1S/C16H26N2O4/c1-6-7-9(2)17-13(20)8-22-16(21)15-10(3)14(12(5)19)11(4)18-15/h9,12,18-19H,6-8H2,1-5H3,(H,17,20)/t9-,12+/m1/s1. The van der Waals surface area contributed by atoms with E-state index in [1.807, 2.05) is 13.8 Å². The maximum atomic E-state index is 12.1. The van der Waals surface area contributed by atoms with Crippen molar-refractivity contribution in [2.24, 2.45) is 0 Å². The number of aryl methyl sites for hydroxylation is 1. The SMILES string of the molecule is CCC[C@@H](C)NC(=O)COC(=O)c1[nH]c(C)c([C@H](C)O)c1C. The van der Waals surface area contributed by atoms with Gasteiger partial charge < -0.3 is 20.1 Å². The largest absolute Gasteiger partial charge is 0.451 e. The Bertz CT molecular complexity index is 534. The highest BCUT2D eigenvalue weighted by molar-refractivity contribution is 5.91. The first-order chi connectivity index (χ1) is 10.3. The van der Waals surface area contributed by atoms with Crippen LogP contribution in [0.2, 0.25) is 0 Å². The van der Waals surface area contributed by atoms with Crippen LogP contribution in [0.3, 0.4) is 0 Å². The Kier molecular flexibility index (Phi) is 6.61. The Morgan fingerprint density at radius 2 is 1.95 bits per heavy atom. The number of carbonyl (C=O) groups excluding carboxylic acids is 2. The molecule has 0 saturated heterocycles. The van der Waals surface area contributed by atoms with Gasteiger partial charge in [-0.15, -0.1) is 0 Å². The molecule has 0 fully saturated rings. The molecule has 0 spiro atoms. The quantitative estimate of drug-likeness (QED) is 0.673. The lowest BCUT2D eigenvalue weighted by Crippen LogP contribution is -2.35. The number of hydrogen-bond donors (Lipinski definition) is 3. The smallest absolute Gasteiger partial charge is 0.355 e. The molecule has 0 radical (unpaired) electrons. The van der Waals surface area contributed by atoms with E-state index in [2.05, 4.69) is 10.3 Å². The van der Waals surface area contributed by atoms with Crippen molar-refractivity contribution in [2.75, 3.05) is 6.61 Å². The molecule has 1 amide bonds. The molecule has 2 atom stereocenters. The third-order valence-corrected chi connectivity index (χ3v) is 3.58. The number of esters is 1. The monoisotopic (exact) mass is 310 g/mol. The summed E-state index contributed by atoms with van der Waals surface area (Å²) in [6.45, 7) is 8.81. The van der Waals surface area contributed by atoms with Crippen LogP contribution in [0.15, 0.2) is 0 Å². The van der Waals surface area contributed by atoms with Gasteiger partial charge in [-0.3, -0.25) is 4.79 Å². The Morgan fingerprint density at radius 3 is 2.45 bits per heavy atom. The Balaban J connectivity index is 2.63. The van der Waals surface area contributed by atoms with E-state index in [0.717, 1.165) is 18.5 Å². The topological polar surface area (TPSA) is 91.4 Å². The second-order valence-electron chi connectivity index (χ2n) is 5.67. The van der Waals surface area contributed by atoms with Crippen LogP contribution in [0.5, 0.6) is 0 Å². The minimum absolute atomic E-state index is 0.0625. The molecule has 0 bridgehead atoms. The third-order valence-electron chi connectivity index (χ3n) is 3.58.